The third kappa shape index (κ3) is 5.66. The summed E-state index contributed by atoms with van der Waals surface area (Å²) in [7, 11) is 0. The summed E-state index contributed by atoms with van der Waals surface area (Å²) >= 11 is 1.11. The lowest BCUT2D eigenvalue weighted by atomic mass is 10.0. The van der Waals surface area contributed by atoms with Crippen LogP contribution in [-0.2, 0) is 17.6 Å². The highest BCUT2D eigenvalue weighted by Gasteiger charge is 2.19. The molecule has 0 aliphatic rings. The Morgan fingerprint density at radius 3 is 2.31 bits per heavy atom. The molecule has 2 aromatic rings. The highest BCUT2D eigenvalue weighted by Crippen LogP contribution is 2.23. The molecule has 2 N–H and O–H groups in total. The number of benzene rings is 1. The quantitative estimate of drug-likeness (QED) is 0.727. The highest BCUT2D eigenvalue weighted by atomic mass is 32.1. The van der Waals surface area contributed by atoms with Gasteiger partial charge in [0.1, 0.15) is 9.88 Å². The number of rotatable bonds is 8. The lowest BCUT2D eigenvalue weighted by molar-refractivity contribution is -0.121. The molecule has 0 saturated heterocycles. The van der Waals surface area contributed by atoms with Crippen molar-refractivity contribution < 1.29 is 14.7 Å². The first kappa shape index (κ1) is 20.1. The number of carboxylic acids is 1. The maximum absolute atomic E-state index is 12.2. The number of hydrogen-bond acceptors (Lipinski definition) is 4. The van der Waals surface area contributed by atoms with Crippen LogP contribution in [0.25, 0.3) is 0 Å². The number of hydrogen-bond donors (Lipinski definition) is 2. The smallest absolute Gasteiger partial charge is 0.347 e. The van der Waals surface area contributed by atoms with Gasteiger partial charge in [-0.2, -0.15) is 0 Å². The molecule has 6 heteroatoms. The molecule has 140 valence electrons. The average molecular weight is 375 g/mol. The van der Waals surface area contributed by atoms with Gasteiger partial charge in [-0.05, 0) is 43.7 Å². The summed E-state index contributed by atoms with van der Waals surface area (Å²) in [5, 5.41) is 12.6. The van der Waals surface area contributed by atoms with Gasteiger partial charge >= 0.3 is 5.97 Å². The molecule has 5 nitrogen and oxygen atoms in total. The van der Waals surface area contributed by atoms with Gasteiger partial charge in [-0.1, -0.05) is 38.1 Å². The van der Waals surface area contributed by atoms with E-state index in [1.54, 1.807) is 6.92 Å². The van der Waals surface area contributed by atoms with Crippen LogP contribution in [0.3, 0.4) is 0 Å². The summed E-state index contributed by atoms with van der Waals surface area (Å²) in [4.78, 5) is 27.8. The maximum atomic E-state index is 12.2. The number of carboxylic acid groups (broad SMARTS) is 1. The Bertz CT molecular complexity index is 766. The van der Waals surface area contributed by atoms with E-state index in [-0.39, 0.29) is 16.8 Å². The number of aryl methyl sites for hydroxylation is 2. The fraction of sp³-hybridized carbons (Fsp3) is 0.450. The lowest BCUT2D eigenvalue weighted by Gasteiger charge is -2.11. The third-order valence-electron chi connectivity index (χ3n) is 4.06. The van der Waals surface area contributed by atoms with Crippen molar-refractivity contribution in [2.75, 3.05) is 0 Å². The molecule has 1 amide bonds. The molecule has 1 unspecified atom stereocenters. The molecule has 0 radical (unpaired) electrons. The molecule has 0 bridgehead atoms. The summed E-state index contributed by atoms with van der Waals surface area (Å²) in [6.45, 7) is 7.88. The molecule has 0 fully saturated rings. The van der Waals surface area contributed by atoms with Crippen molar-refractivity contribution in [2.45, 2.75) is 53.0 Å². The number of aromatic carboxylic acids is 1. The van der Waals surface area contributed by atoms with Crippen molar-refractivity contribution in [3.8, 4) is 0 Å². The number of aromatic nitrogens is 1. The van der Waals surface area contributed by atoms with Gasteiger partial charge in [0, 0.05) is 6.42 Å². The molecule has 26 heavy (non-hydrogen) atoms. The summed E-state index contributed by atoms with van der Waals surface area (Å²) in [6.07, 6.45) is 2.13. The molecule has 0 saturated carbocycles. The standard InChI is InChI=1S/C20H26N2O3S/c1-12(2)11-16-7-5-15(6-8-16)9-10-17(23)21-14(4)19-22-13(3)18(26-19)20(24)25/h5-8,12,14H,9-11H2,1-4H3,(H,21,23)(H,24,25). The van der Waals surface area contributed by atoms with Crippen molar-refractivity contribution in [3.05, 3.63) is 51.0 Å². The van der Waals surface area contributed by atoms with Crippen LogP contribution in [0.4, 0.5) is 0 Å². The van der Waals surface area contributed by atoms with Crippen LogP contribution in [0.1, 0.15) is 64.7 Å². The van der Waals surface area contributed by atoms with Gasteiger partial charge in [0.15, 0.2) is 0 Å². The molecule has 0 aliphatic heterocycles. The summed E-state index contributed by atoms with van der Waals surface area (Å²) < 4.78 is 0. The number of carbonyl (C=O) groups excluding carboxylic acids is 1. The van der Waals surface area contributed by atoms with Crippen LogP contribution < -0.4 is 5.32 Å². The Morgan fingerprint density at radius 2 is 1.77 bits per heavy atom. The van der Waals surface area contributed by atoms with E-state index < -0.39 is 5.97 Å². The van der Waals surface area contributed by atoms with Crippen molar-refractivity contribution >= 4 is 23.2 Å². The average Bonchev–Trinajstić information content (AvgIpc) is 2.96. The van der Waals surface area contributed by atoms with Crippen LogP contribution in [-0.4, -0.2) is 22.0 Å². The first-order valence-corrected chi connectivity index (χ1v) is 9.65. The van der Waals surface area contributed by atoms with Crippen molar-refractivity contribution in [3.63, 3.8) is 0 Å². The molecule has 0 aliphatic carbocycles. The summed E-state index contributed by atoms with van der Waals surface area (Å²) in [5.41, 5.74) is 2.94. The molecule has 2 rings (SSSR count). The zero-order chi connectivity index (χ0) is 19.3. The van der Waals surface area contributed by atoms with Gasteiger partial charge in [0.25, 0.3) is 0 Å². The van der Waals surface area contributed by atoms with Gasteiger partial charge in [-0.3, -0.25) is 4.79 Å². The van der Waals surface area contributed by atoms with Crippen LogP contribution in [0.2, 0.25) is 0 Å². The van der Waals surface area contributed by atoms with E-state index in [1.165, 1.54) is 5.56 Å². The van der Waals surface area contributed by atoms with Gasteiger partial charge in [0.2, 0.25) is 5.91 Å². The normalized spacial score (nSPS) is 12.2. The fourth-order valence-electron chi connectivity index (χ4n) is 2.75. The van der Waals surface area contributed by atoms with Gasteiger partial charge in [-0.25, -0.2) is 9.78 Å². The van der Waals surface area contributed by atoms with E-state index in [0.29, 0.717) is 29.5 Å². The molecular weight excluding hydrogens is 348 g/mol. The number of nitrogens with zero attached hydrogens (tertiary/aromatic N) is 1. The molecule has 1 aromatic carbocycles. The summed E-state index contributed by atoms with van der Waals surface area (Å²) in [5.74, 6) is -0.413. The lowest BCUT2D eigenvalue weighted by Crippen LogP contribution is -2.26. The second kappa shape index (κ2) is 8.94. The second-order valence-corrected chi connectivity index (χ2v) is 8.01. The minimum atomic E-state index is -0.981. The largest absolute Gasteiger partial charge is 0.477 e. The fourth-order valence-corrected chi connectivity index (χ4v) is 3.66. The Hall–Kier alpha value is -2.21. The number of thiazole rings is 1. The monoisotopic (exact) mass is 374 g/mol. The molecule has 1 atom stereocenters. The van der Waals surface area contributed by atoms with E-state index >= 15 is 0 Å². The van der Waals surface area contributed by atoms with Crippen LogP contribution in [0, 0.1) is 12.8 Å². The molecule has 1 aromatic heterocycles. The van der Waals surface area contributed by atoms with E-state index in [1.807, 2.05) is 6.92 Å². The zero-order valence-corrected chi connectivity index (χ0v) is 16.5. The minimum absolute atomic E-state index is 0.0616. The van der Waals surface area contributed by atoms with Crippen molar-refractivity contribution in [2.24, 2.45) is 5.92 Å². The highest BCUT2D eigenvalue weighted by molar-refractivity contribution is 7.13. The minimum Gasteiger partial charge on any atom is -0.477 e. The van der Waals surface area contributed by atoms with E-state index in [0.717, 1.165) is 23.3 Å². The predicted molar refractivity (Wildman–Crippen MR) is 104 cm³/mol. The number of amides is 1. The number of carbonyl (C=O) groups is 2. The Morgan fingerprint density at radius 1 is 1.15 bits per heavy atom. The first-order valence-electron chi connectivity index (χ1n) is 8.84. The zero-order valence-electron chi connectivity index (χ0n) is 15.7. The Balaban J connectivity index is 1.86. The molecule has 1 heterocycles. The molecular formula is C20H26N2O3S. The van der Waals surface area contributed by atoms with Crippen molar-refractivity contribution in [1.82, 2.24) is 10.3 Å². The van der Waals surface area contributed by atoms with E-state index in [4.69, 9.17) is 5.11 Å². The maximum Gasteiger partial charge on any atom is 0.347 e. The van der Waals surface area contributed by atoms with Gasteiger partial charge in [0.05, 0.1) is 11.7 Å². The summed E-state index contributed by atoms with van der Waals surface area (Å²) in [6, 6.07) is 8.12. The SMILES string of the molecule is Cc1nc(C(C)NC(=O)CCc2ccc(CC(C)C)cc2)sc1C(=O)O. The van der Waals surface area contributed by atoms with Gasteiger partial charge < -0.3 is 10.4 Å². The Kier molecular flexibility index (Phi) is 6.91. The number of nitrogens with one attached hydrogen (secondary N) is 1. The topological polar surface area (TPSA) is 79.3 Å². The second-order valence-electron chi connectivity index (χ2n) is 6.98. The first-order chi connectivity index (χ1) is 12.3. The van der Waals surface area contributed by atoms with Crippen LogP contribution in [0.5, 0.6) is 0 Å². The van der Waals surface area contributed by atoms with E-state index in [9.17, 15) is 9.59 Å². The van der Waals surface area contributed by atoms with Crippen LogP contribution in [0.15, 0.2) is 24.3 Å². The Labute approximate surface area is 158 Å². The third-order valence-corrected chi connectivity index (χ3v) is 5.39. The van der Waals surface area contributed by atoms with E-state index in [2.05, 4.69) is 48.4 Å². The molecule has 0 spiro atoms. The predicted octanol–water partition coefficient (Wildman–Crippen LogP) is 4.16. The van der Waals surface area contributed by atoms with Gasteiger partial charge in [-0.15, -0.1) is 11.3 Å². The van der Waals surface area contributed by atoms with Crippen molar-refractivity contribution in [1.29, 1.82) is 0 Å². The van der Waals surface area contributed by atoms with Crippen LogP contribution >= 0.6 is 11.3 Å².